The predicted molar refractivity (Wildman–Crippen MR) is 267 cm³/mol. The van der Waals surface area contributed by atoms with Gasteiger partial charge >= 0.3 is 0 Å². The largest absolute Gasteiger partial charge is 0.478 e. The van der Waals surface area contributed by atoms with Crippen LogP contribution in [0.5, 0.6) is 0 Å². The molecule has 4 heterocycles. The summed E-state index contributed by atoms with van der Waals surface area (Å²) in [5.74, 6) is 0. The molecule has 0 aliphatic carbocycles. The van der Waals surface area contributed by atoms with Gasteiger partial charge in [-0.15, -0.1) is 0 Å². The van der Waals surface area contributed by atoms with Crippen molar-refractivity contribution in [3.05, 3.63) is 225 Å². The molecule has 0 unspecified atom stereocenters. The van der Waals surface area contributed by atoms with Crippen LogP contribution in [-0.4, -0.2) is 26.9 Å². The zero-order valence-corrected chi connectivity index (χ0v) is 34.0. The smallest absolute Gasteiger partial charge is 0.286 e. The molecule has 0 atom stereocenters. The first-order valence-corrected chi connectivity index (χ1v) is 21.8. The van der Waals surface area contributed by atoms with Crippen LogP contribution < -0.4 is 70.7 Å². The summed E-state index contributed by atoms with van der Waals surface area (Å²) in [5, 5.41) is 2.51. The van der Waals surface area contributed by atoms with E-state index < -0.39 is 0 Å². The summed E-state index contributed by atoms with van der Waals surface area (Å²) in [7, 11) is 0. The number of hydrogen-bond donors (Lipinski definition) is 0. The van der Waals surface area contributed by atoms with Gasteiger partial charge in [-0.3, -0.25) is 0 Å². The van der Waals surface area contributed by atoms with Crippen LogP contribution in [0.2, 0.25) is 0 Å². The van der Waals surface area contributed by atoms with Crippen LogP contribution in [0.4, 0.5) is 17.1 Å². The van der Waals surface area contributed by atoms with E-state index in [2.05, 4.69) is 223 Å². The monoisotopic (exact) mass is 783 g/mol. The molecule has 62 heavy (non-hydrogen) atoms. The number of rotatable bonds is 6. The second-order valence-electron chi connectivity index (χ2n) is 17.0. The summed E-state index contributed by atoms with van der Waals surface area (Å²) in [6, 6.07) is 80.8. The van der Waals surface area contributed by atoms with Gasteiger partial charge < -0.3 is 9.32 Å². The Hall–Kier alpha value is -7.42. The van der Waals surface area contributed by atoms with Crippen molar-refractivity contribution in [2.24, 2.45) is 0 Å². The molecule has 0 radical (unpaired) electrons. The molecular formula is C56H37B4NO. The summed E-state index contributed by atoms with van der Waals surface area (Å²) in [6.07, 6.45) is 1.94. The average Bonchev–Trinajstić information content (AvgIpc) is 3.83. The van der Waals surface area contributed by atoms with Crippen LogP contribution in [0, 0.1) is 0 Å². The number of furan rings is 1. The van der Waals surface area contributed by atoms with Gasteiger partial charge in [0.15, 0.2) is 0 Å². The van der Waals surface area contributed by atoms with Crippen molar-refractivity contribution in [2.75, 3.05) is 4.90 Å². The standard InChI is InChI=1S/C56H37B4NO/c1-4-18-38(19-5-1)39-36-54(62-37-39)58-46-27-11-13-29-48(46)60-51-33-16-31-49-55(51)59(52-34-17-32-50(58)56(52)60)47-28-12-10-26-45(47)57(49)44-30-14-25-43-42(44)24-15-35-53(43)61(40-20-6-2-7-21-40)41-22-8-3-9-23-41/h1-37H. The highest BCUT2D eigenvalue weighted by Crippen LogP contribution is 2.38. The number of anilines is 3. The van der Waals surface area contributed by atoms with Gasteiger partial charge in [0.05, 0.1) is 17.6 Å². The summed E-state index contributed by atoms with van der Waals surface area (Å²) in [6.45, 7) is 0.259. The van der Waals surface area contributed by atoms with E-state index in [1.165, 1.54) is 82.1 Å². The van der Waals surface area contributed by atoms with Gasteiger partial charge in [-0.2, -0.15) is 0 Å². The van der Waals surface area contributed by atoms with Gasteiger partial charge in [-0.1, -0.05) is 242 Å². The van der Waals surface area contributed by atoms with Crippen LogP contribution in [0.3, 0.4) is 0 Å². The number of nitrogens with zero attached hydrogens (tertiary/aromatic N) is 1. The highest BCUT2D eigenvalue weighted by Gasteiger charge is 2.50. The summed E-state index contributed by atoms with van der Waals surface area (Å²) in [4.78, 5) is 2.40. The number of benzene rings is 9. The van der Waals surface area contributed by atoms with Gasteiger partial charge in [0.1, 0.15) is 0 Å². The van der Waals surface area contributed by atoms with E-state index in [0.717, 1.165) is 22.6 Å². The van der Waals surface area contributed by atoms with Crippen molar-refractivity contribution in [1.82, 2.24) is 0 Å². The zero-order valence-electron chi connectivity index (χ0n) is 34.0. The molecule has 0 N–H and O–H groups in total. The van der Waals surface area contributed by atoms with E-state index in [1.807, 2.05) is 6.26 Å². The molecule has 1 aromatic heterocycles. The van der Waals surface area contributed by atoms with Crippen LogP contribution in [0.1, 0.15) is 0 Å². The van der Waals surface area contributed by atoms with Crippen molar-refractivity contribution in [3.8, 4) is 11.1 Å². The van der Waals surface area contributed by atoms with E-state index in [4.69, 9.17) is 4.42 Å². The summed E-state index contributed by atoms with van der Waals surface area (Å²) in [5.41, 5.74) is 22.0. The van der Waals surface area contributed by atoms with E-state index in [0.29, 0.717) is 0 Å². The van der Waals surface area contributed by atoms with Gasteiger partial charge in [0.2, 0.25) is 20.1 Å². The second kappa shape index (κ2) is 14.1. The molecule has 0 fully saturated rings. The lowest BCUT2D eigenvalue weighted by Gasteiger charge is -2.43. The molecule has 0 amide bonds. The maximum atomic E-state index is 6.58. The van der Waals surface area contributed by atoms with Gasteiger partial charge in [-0.05, 0) is 47.3 Å². The summed E-state index contributed by atoms with van der Waals surface area (Å²) < 4.78 is 6.58. The first-order valence-electron chi connectivity index (χ1n) is 21.8. The lowest BCUT2D eigenvalue weighted by atomic mass is 9.11. The Morgan fingerprint density at radius 1 is 0.306 bits per heavy atom. The minimum Gasteiger partial charge on any atom is -0.478 e. The first kappa shape index (κ1) is 35.3. The van der Waals surface area contributed by atoms with E-state index in [9.17, 15) is 0 Å². The first-order chi connectivity index (χ1) is 30.8. The van der Waals surface area contributed by atoms with Gasteiger partial charge in [0, 0.05) is 22.3 Å². The fraction of sp³-hybridized carbons (Fsp3) is 0. The second-order valence-corrected chi connectivity index (χ2v) is 17.0. The molecular weight excluding hydrogens is 746 g/mol. The van der Waals surface area contributed by atoms with E-state index in [-0.39, 0.29) is 26.9 Å². The average molecular weight is 783 g/mol. The minimum absolute atomic E-state index is 0.0117. The van der Waals surface area contributed by atoms with Crippen LogP contribution in [0.25, 0.3) is 21.9 Å². The predicted octanol–water partition coefficient (Wildman–Crippen LogP) is 4.57. The third-order valence-corrected chi connectivity index (χ3v) is 13.9. The molecule has 2 nitrogen and oxygen atoms in total. The topological polar surface area (TPSA) is 16.4 Å². The molecule has 0 saturated heterocycles. The van der Waals surface area contributed by atoms with Crippen LogP contribution >= 0.6 is 0 Å². The molecule has 3 aliphatic rings. The Labute approximate surface area is 363 Å². The molecule has 284 valence electrons. The quantitative estimate of drug-likeness (QED) is 0.230. The Morgan fingerprint density at radius 2 is 0.726 bits per heavy atom. The van der Waals surface area contributed by atoms with Crippen molar-refractivity contribution in [2.45, 2.75) is 0 Å². The van der Waals surface area contributed by atoms with Gasteiger partial charge in [-0.25, -0.2) is 0 Å². The minimum atomic E-state index is -0.0117. The fourth-order valence-electron chi connectivity index (χ4n) is 11.5. The van der Waals surface area contributed by atoms with Crippen molar-refractivity contribution in [3.63, 3.8) is 0 Å². The van der Waals surface area contributed by atoms with Crippen molar-refractivity contribution in [1.29, 1.82) is 0 Å². The molecule has 0 bridgehead atoms. The molecule has 0 saturated carbocycles. The lowest BCUT2D eigenvalue weighted by molar-refractivity contribution is 0.601. The SMILES string of the molecule is c1ccc(-c2coc(B3c4ccccc4B4c5cccc6c5B(c5ccccc5B6c5cccc6c(N(c7ccccc7)c7ccccc7)cccc56)c5cccc3c54)c2)cc1. The van der Waals surface area contributed by atoms with Crippen LogP contribution in [-0.2, 0) is 0 Å². The number of fused-ring (bicyclic) bond motifs is 7. The Morgan fingerprint density at radius 3 is 1.32 bits per heavy atom. The molecule has 3 aliphatic heterocycles. The van der Waals surface area contributed by atoms with E-state index in [1.54, 1.807) is 0 Å². The van der Waals surface area contributed by atoms with Crippen molar-refractivity contribution < 1.29 is 4.42 Å². The molecule has 9 aromatic carbocycles. The Bertz CT molecular complexity index is 3310. The Balaban J connectivity index is 1.02. The third kappa shape index (κ3) is 5.23. The number of hydrogen-bond acceptors (Lipinski definition) is 2. The summed E-state index contributed by atoms with van der Waals surface area (Å²) >= 11 is 0. The molecule has 13 rings (SSSR count). The van der Waals surface area contributed by atoms with E-state index >= 15 is 0 Å². The lowest BCUT2D eigenvalue weighted by Crippen LogP contribution is -2.89. The van der Waals surface area contributed by atoms with Crippen molar-refractivity contribution >= 4 is 120 Å². The van der Waals surface area contributed by atoms with Gasteiger partial charge in [0.25, 0.3) is 6.71 Å². The molecule has 10 aromatic rings. The maximum Gasteiger partial charge on any atom is 0.286 e. The molecule has 6 heteroatoms. The highest BCUT2D eigenvalue weighted by molar-refractivity contribution is 7.22. The third-order valence-electron chi connectivity index (χ3n) is 13.9. The fourth-order valence-corrected chi connectivity index (χ4v) is 11.5. The normalized spacial score (nSPS) is 13.0. The highest BCUT2D eigenvalue weighted by atomic mass is 16.3. The molecule has 0 spiro atoms. The number of para-hydroxylation sites is 2. The zero-order chi connectivity index (χ0) is 40.7. The maximum absolute atomic E-state index is 6.58. The van der Waals surface area contributed by atoms with Crippen LogP contribution in [0.15, 0.2) is 229 Å². The Kier molecular flexibility index (Phi) is 8.03.